The van der Waals surface area contributed by atoms with Gasteiger partial charge in [-0.1, -0.05) is 0 Å². The maximum atomic E-state index is 12.6. The van der Waals surface area contributed by atoms with Gasteiger partial charge in [0, 0.05) is 32.6 Å². The smallest absolute Gasteiger partial charge is 0.297 e. The number of hydrogen-bond acceptors (Lipinski definition) is 8. The van der Waals surface area contributed by atoms with Gasteiger partial charge in [-0.05, 0) is 19.8 Å². The van der Waals surface area contributed by atoms with Crippen molar-refractivity contribution in [2.24, 2.45) is 0 Å². The number of nitrogens with zero attached hydrogens (tertiary/aromatic N) is 3. The number of amides is 1. The number of morpholine rings is 1. The lowest BCUT2D eigenvalue weighted by Gasteiger charge is -2.51. The van der Waals surface area contributed by atoms with Crippen molar-refractivity contribution in [2.45, 2.75) is 43.4 Å². The van der Waals surface area contributed by atoms with Crippen molar-refractivity contribution in [1.29, 1.82) is 0 Å². The number of aromatic nitrogens is 1. The highest BCUT2D eigenvalue weighted by atomic mass is 16.5. The number of piperidine rings is 1. The fourth-order valence-corrected chi connectivity index (χ4v) is 4.52. The van der Waals surface area contributed by atoms with Gasteiger partial charge in [-0.2, -0.15) is 0 Å². The Morgan fingerprint density at radius 3 is 2.75 bits per heavy atom. The molecule has 3 aliphatic rings. The third-order valence-electron chi connectivity index (χ3n) is 6.23. The Hall–Kier alpha value is -1.68. The number of hydrogen-bond donors (Lipinski definition) is 2. The van der Waals surface area contributed by atoms with Gasteiger partial charge in [0.15, 0.2) is 0 Å². The summed E-state index contributed by atoms with van der Waals surface area (Å²) in [7, 11) is 0. The van der Waals surface area contributed by atoms with Crippen LogP contribution in [-0.2, 0) is 14.3 Å². The van der Waals surface area contributed by atoms with Crippen LogP contribution >= 0.6 is 0 Å². The molecule has 2 atom stereocenters. The fourth-order valence-electron chi connectivity index (χ4n) is 4.52. The second-order valence-electron chi connectivity index (χ2n) is 8.34. The van der Waals surface area contributed by atoms with Gasteiger partial charge in [-0.15, -0.1) is 0 Å². The van der Waals surface area contributed by atoms with Crippen LogP contribution in [0.25, 0.3) is 0 Å². The summed E-state index contributed by atoms with van der Waals surface area (Å²) < 4.78 is 16.8. The molecule has 1 amide bonds. The molecule has 1 aromatic rings. The first-order valence-electron chi connectivity index (χ1n) is 10.1. The van der Waals surface area contributed by atoms with Crippen molar-refractivity contribution < 1.29 is 23.8 Å². The minimum atomic E-state index is -0.725. The van der Waals surface area contributed by atoms with Gasteiger partial charge in [-0.3, -0.25) is 9.69 Å². The van der Waals surface area contributed by atoms with Gasteiger partial charge in [0.2, 0.25) is 5.91 Å². The largest absolute Gasteiger partial charge is 0.432 e. The molecule has 1 aromatic heterocycles. The molecule has 0 bridgehead atoms. The van der Waals surface area contributed by atoms with Crippen LogP contribution in [0.15, 0.2) is 16.9 Å². The highest BCUT2D eigenvalue weighted by Crippen LogP contribution is 2.40. The van der Waals surface area contributed by atoms with Crippen molar-refractivity contribution in [3.63, 3.8) is 0 Å². The molecule has 3 saturated heterocycles. The SMILES string of the molecule is C[C@@]1(NC(=O)CN2CCOCC2)CC2(CCN(c3ncco3)CC2)OC[C@H]1O. The van der Waals surface area contributed by atoms with Crippen molar-refractivity contribution in [3.8, 4) is 0 Å². The van der Waals surface area contributed by atoms with E-state index in [2.05, 4.69) is 20.1 Å². The van der Waals surface area contributed by atoms with E-state index < -0.39 is 11.6 Å². The van der Waals surface area contributed by atoms with E-state index in [1.807, 2.05) is 6.92 Å². The average molecular weight is 394 g/mol. The molecule has 0 radical (unpaired) electrons. The topological polar surface area (TPSA) is 100 Å². The summed E-state index contributed by atoms with van der Waals surface area (Å²) in [5, 5.41) is 13.7. The molecule has 4 rings (SSSR count). The number of aliphatic hydroxyl groups is 1. The number of nitrogens with one attached hydrogen (secondary N) is 1. The van der Waals surface area contributed by atoms with Crippen LogP contribution < -0.4 is 10.2 Å². The Balaban J connectivity index is 1.36. The number of aliphatic hydroxyl groups excluding tert-OH is 1. The predicted molar refractivity (Wildman–Crippen MR) is 101 cm³/mol. The van der Waals surface area contributed by atoms with Crippen LogP contribution in [-0.4, -0.2) is 90.7 Å². The monoisotopic (exact) mass is 394 g/mol. The van der Waals surface area contributed by atoms with Gasteiger partial charge >= 0.3 is 0 Å². The molecule has 3 fully saturated rings. The number of rotatable bonds is 4. The molecule has 0 aliphatic carbocycles. The van der Waals surface area contributed by atoms with Gasteiger partial charge < -0.3 is 29.2 Å². The Kier molecular flexibility index (Phi) is 5.59. The Bertz CT molecular complexity index is 655. The molecular weight excluding hydrogens is 364 g/mol. The Morgan fingerprint density at radius 2 is 2.07 bits per heavy atom. The lowest BCUT2D eigenvalue weighted by Crippen LogP contribution is -2.66. The first kappa shape index (κ1) is 19.6. The summed E-state index contributed by atoms with van der Waals surface area (Å²) in [6, 6.07) is 0.632. The van der Waals surface area contributed by atoms with E-state index in [9.17, 15) is 9.90 Å². The molecule has 0 aromatic carbocycles. The average Bonchev–Trinajstić information content (AvgIpc) is 3.21. The minimum Gasteiger partial charge on any atom is -0.432 e. The zero-order chi connectivity index (χ0) is 19.6. The fraction of sp³-hybridized carbons (Fsp3) is 0.789. The Morgan fingerprint density at radius 1 is 1.32 bits per heavy atom. The third-order valence-corrected chi connectivity index (χ3v) is 6.23. The normalized spacial score (nSPS) is 31.1. The van der Waals surface area contributed by atoms with Crippen molar-refractivity contribution in [1.82, 2.24) is 15.2 Å². The number of carbonyl (C=O) groups is 1. The number of oxazole rings is 1. The van der Waals surface area contributed by atoms with Crippen LogP contribution in [0.1, 0.15) is 26.2 Å². The van der Waals surface area contributed by atoms with E-state index in [-0.39, 0.29) is 18.1 Å². The van der Waals surface area contributed by atoms with Gasteiger partial charge in [0.05, 0.1) is 43.7 Å². The first-order chi connectivity index (χ1) is 13.5. The third kappa shape index (κ3) is 4.17. The van der Waals surface area contributed by atoms with Crippen molar-refractivity contribution in [2.75, 3.05) is 57.4 Å². The molecule has 3 aliphatic heterocycles. The summed E-state index contributed by atoms with van der Waals surface area (Å²) in [5.41, 5.74) is -1.05. The summed E-state index contributed by atoms with van der Waals surface area (Å²) in [6.45, 7) is 6.87. The second-order valence-corrected chi connectivity index (χ2v) is 8.34. The highest BCUT2D eigenvalue weighted by molar-refractivity contribution is 5.79. The number of carbonyl (C=O) groups excluding carboxylic acids is 1. The predicted octanol–water partition coefficient (Wildman–Crippen LogP) is 0.00190. The summed E-state index contributed by atoms with van der Waals surface area (Å²) in [4.78, 5) is 21.0. The van der Waals surface area contributed by atoms with Crippen molar-refractivity contribution >= 4 is 11.9 Å². The van der Waals surface area contributed by atoms with Crippen LogP contribution in [0.5, 0.6) is 0 Å². The molecule has 2 N–H and O–H groups in total. The lowest BCUT2D eigenvalue weighted by molar-refractivity contribution is -0.173. The van der Waals surface area contributed by atoms with E-state index >= 15 is 0 Å². The first-order valence-corrected chi connectivity index (χ1v) is 10.1. The van der Waals surface area contributed by atoms with E-state index in [1.165, 1.54) is 0 Å². The second kappa shape index (κ2) is 7.98. The van der Waals surface area contributed by atoms with E-state index in [0.29, 0.717) is 32.2 Å². The van der Waals surface area contributed by atoms with Crippen LogP contribution in [0.4, 0.5) is 6.01 Å². The van der Waals surface area contributed by atoms with E-state index in [0.717, 1.165) is 39.0 Å². The molecule has 0 saturated carbocycles. The molecule has 9 nitrogen and oxygen atoms in total. The molecule has 9 heteroatoms. The molecule has 1 spiro atoms. The van der Waals surface area contributed by atoms with Gasteiger partial charge in [-0.25, -0.2) is 4.98 Å². The van der Waals surface area contributed by atoms with Crippen LogP contribution in [0.2, 0.25) is 0 Å². The van der Waals surface area contributed by atoms with E-state index in [1.54, 1.807) is 12.5 Å². The zero-order valence-electron chi connectivity index (χ0n) is 16.4. The molecule has 156 valence electrons. The van der Waals surface area contributed by atoms with Crippen LogP contribution in [0, 0.1) is 0 Å². The summed E-state index contributed by atoms with van der Waals surface area (Å²) in [5.74, 6) is -0.0577. The number of anilines is 1. The molecule has 4 heterocycles. The lowest BCUT2D eigenvalue weighted by atomic mass is 9.74. The van der Waals surface area contributed by atoms with E-state index in [4.69, 9.17) is 13.9 Å². The summed E-state index contributed by atoms with van der Waals surface area (Å²) >= 11 is 0. The molecular formula is C19H30N4O5. The highest BCUT2D eigenvalue weighted by Gasteiger charge is 2.50. The zero-order valence-corrected chi connectivity index (χ0v) is 16.4. The Labute approximate surface area is 165 Å². The minimum absolute atomic E-state index is 0.0577. The summed E-state index contributed by atoms with van der Waals surface area (Å²) in [6.07, 6.45) is 4.70. The standard InChI is InChI=1S/C19H30N4O5/c1-18(21-16(25)12-22-7-10-26-11-8-22)14-19(28-13-15(18)24)2-5-23(6-3-19)17-20-4-9-27-17/h4,9,15,24H,2-3,5-8,10-14H2,1H3,(H,21,25)/t15-,18-/m1/s1. The molecule has 28 heavy (non-hydrogen) atoms. The maximum absolute atomic E-state index is 12.6. The molecule has 0 unspecified atom stereocenters. The van der Waals surface area contributed by atoms with Crippen LogP contribution in [0.3, 0.4) is 0 Å². The van der Waals surface area contributed by atoms with Crippen molar-refractivity contribution in [3.05, 3.63) is 12.5 Å². The quantitative estimate of drug-likeness (QED) is 0.736. The van der Waals surface area contributed by atoms with Gasteiger partial charge in [0.1, 0.15) is 12.4 Å². The van der Waals surface area contributed by atoms with Gasteiger partial charge in [0.25, 0.3) is 6.01 Å². The maximum Gasteiger partial charge on any atom is 0.297 e. The number of ether oxygens (including phenoxy) is 2.